The SMILES string of the molecule is Cc1c(-[n+]2cc3ccccn3c2)[n-]c2ccccc12. The summed E-state index contributed by atoms with van der Waals surface area (Å²) >= 11 is 0. The molecule has 0 N–H and O–H groups in total. The summed E-state index contributed by atoms with van der Waals surface area (Å²) in [5, 5.41) is 1.22. The predicted octanol–water partition coefficient (Wildman–Crippen LogP) is 2.63. The molecule has 0 amide bonds. The number of para-hydroxylation sites is 1. The maximum absolute atomic E-state index is 4.73. The Hall–Kier alpha value is -2.55. The molecule has 3 aromatic heterocycles. The first-order valence-electron chi connectivity index (χ1n) is 6.33. The monoisotopic (exact) mass is 247 g/mol. The van der Waals surface area contributed by atoms with E-state index < -0.39 is 0 Å². The van der Waals surface area contributed by atoms with Crippen LogP contribution in [0.5, 0.6) is 0 Å². The Kier molecular flexibility index (Phi) is 2.03. The van der Waals surface area contributed by atoms with Crippen molar-refractivity contribution in [2.75, 3.05) is 0 Å². The topological polar surface area (TPSA) is 22.4 Å². The van der Waals surface area contributed by atoms with Crippen LogP contribution in [0.1, 0.15) is 5.56 Å². The van der Waals surface area contributed by atoms with Gasteiger partial charge in [0, 0.05) is 23.3 Å². The van der Waals surface area contributed by atoms with Gasteiger partial charge in [-0.05, 0) is 25.1 Å². The van der Waals surface area contributed by atoms with Crippen molar-refractivity contribution in [2.45, 2.75) is 6.92 Å². The van der Waals surface area contributed by atoms with Crippen molar-refractivity contribution in [3.8, 4) is 5.82 Å². The summed E-state index contributed by atoms with van der Waals surface area (Å²) in [6, 6.07) is 14.4. The molecule has 0 fully saturated rings. The molecule has 0 unspecified atom stereocenters. The van der Waals surface area contributed by atoms with E-state index in [1.165, 1.54) is 10.9 Å². The van der Waals surface area contributed by atoms with Gasteiger partial charge in [-0.3, -0.25) is 4.57 Å². The first-order valence-corrected chi connectivity index (χ1v) is 6.33. The third-order valence-electron chi connectivity index (χ3n) is 3.56. The summed E-state index contributed by atoms with van der Waals surface area (Å²) < 4.78 is 4.18. The first-order chi connectivity index (χ1) is 9.33. The second-order valence-corrected chi connectivity index (χ2v) is 4.76. The zero-order valence-electron chi connectivity index (χ0n) is 10.6. The normalized spacial score (nSPS) is 11.4. The summed E-state index contributed by atoms with van der Waals surface area (Å²) in [5.74, 6) is 1.00. The van der Waals surface area contributed by atoms with E-state index in [-0.39, 0.29) is 0 Å². The summed E-state index contributed by atoms with van der Waals surface area (Å²) in [6.45, 7) is 2.12. The highest BCUT2D eigenvalue weighted by atomic mass is 15.1. The van der Waals surface area contributed by atoms with Crippen molar-refractivity contribution in [2.24, 2.45) is 0 Å². The van der Waals surface area contributed by atoms with E-state index in [1.54, 1.807) is 0 Å². The summed E-state index contributed by atoms with van der Waals surface area (Å²) in [4.78, 5) is 4.73. The van der Waals surface area contributed by atoms with Crippen LogP contribution < -0.4 is 9.55 Å². The van der Waals surface area contributed by atoms with Gasteiger partial charge in [-0.15, -0.1) is 0 Å². The molecule has 1 aromatic carbocycles. The Morgan fingerprint density at radius 1 is 1.05 bits per heavy atom. The van der Waals surface area contributed by atoms with Crippen LogP contribution in [0.25, 0.3) is 22.2 Å². The van der Waals surface area contributed by atoms with Crippen molar-refractivity contribution in [1.29, 1.82) is 0 Å². The van der Waals surface area contributed by atoms with Gasteiger partial charge in [0.05, 0.1) is 17.4 Å². The Labute approximate surface area is 110 Å². The van der Waals surface area contributed by atoms with Gasteiger partial charge < -0.3 is 4.40 Å². The zero-order valence-corrected chi connectivity index (χ0v) is 10.6. The van der Waals surface area contributed by atoms with Crippen LogP contribution in [0.3, 0.4) is 0 Å². The molecule has 0 radical (unpaired) electrons. The highest BCUT2D eigenvalue weighted by molar-refractivity contribution is 5.85. The number of rotatable bonds is 1. The number of nitrogens with zero attached hydrogens (tertiary/aromatic N) is 3. The molecule has 3 nitrogen and oxygen atoms in total. The number of pyridine rings is 1. The minimum absolute atomic E-state index is 1.00. The number of aromatic nitrogens is 3. The lowest BCUT2D eigenvalue weighted by molar-refractivity contribution is -0.598. The quantitative estimate of drug-likeness (QED) is 0.474. The van der Waals surface area contributed by atoms with Gasteiger partial charge in [0.15, 0.2) is 0 Å². The average molecular weight is 247 g/mol. The fourth-order valence-electron chi connectivity index (χ4n) is 2.57. The number of hydrogen-bond donors (Lipinski definition) is 0. The van der Waals surface area contributed by atoms with E-state index in [2.05, 4.69) is 52.7 Å². The molecule has 92 valence electrons. The molecule has 0 aliphatic carbocycles. The summed E-state index contributed by atoms with van der Waals surface area (Å²) in [5.41, 5.74) is 3.43. The standard InChI is InChI=1S/C16H13N3/c1-12-14-7-2-3-8-15(14)17-16(12)19-10-13-6-4-5-9-18(13)11-19/h2-11H,1H3. The molecule has 0 saturated carbocycles. The third kappa shape index (κ3) is 1.48. The first kappa shape index (κ1) is 10.4. The zero-order chi connectivity index (χ0) is 12.8. The number of aryl methyl sites for hydroxylation is 1. The van der Waals surface area contributed by atoms with Gasteiger partial charge in [-0.25, -0.2) is 4.98 Å². The summed E-state index contributed by atoms with van der Waals surface area (Å²) in [6.07, 6.45) is 6.21. The van der Waals surface area contributed by atoms with Crippen molar-refractivity contribution >= 4 is 16.4 Å². The van der Waals surface area contributed by atoms with Crippen LogP contribution >= 0.6 is 0 Å². The third-order valence-corrected chi connectivity index (χ3v) is 3.56. The predicted molar refractivity (Wildman–Crippen MR) is 74.5 cm³/mol. The lowest BCUT2D eigenvalue weighted by Crippen LogP contribution is -2.29. The van der Waals surface area contributed by atoms with E-state index in [0.29, 0.717) is 0 Å². The molecular weight excluding hydrogens is 234 g/mol. The average Bonchev–Trinajstić information content (AvgIpc) is 3.00. The Morgan fingerprint density at radius 2 is 1.89 bits per heavy atom. The highest BCUT2D eigenvalue weighted by Gasteiger charge is 2.10. The minimum Gasteiger partial charge on any atom is -0.308 e. The van der Waals surface area contributed by atoms with Crippen LogP contribution in [0.2, 0.25) is 0 Å². The van der Waals surface area contributed by atoms with E-state index >= 15 is 0 Å². The van der Waals surface area contributed by atoms with Crippen LogP contribution in [0.4, 0.5) is 0 Å². The number of imidazole rings is 1. The maximum atomic E-state index is 4.73. The van der Waals surface area contributed by atoms with Gasteiger partial charge in [0.25, 0.3) is 0 Å². The van der Waals surface area contributed by atoms with E-state index in [0.717, 1.165) is 16.9 Å². The largest absolute Gasteiger partial charge is 0.308 e. The highest BCUT2D eigenvalue weighted by Crippen LogP contribution is 2.20. The second-order valence-electron chi connectivity index (χ2n) is 4.76. The van der Waals surface area contributed by atoms with E-state index in [1.807, 2.05) is 24.4 Å². The van der Waals surface area contributed by atoms with Crippen molar-refractivity contribution in [3.63, 3.8) is 0 Å². The number of fused-ring (bicyclic) bond motifs is 2. The Balaban J connectivity index is 2.01. The van der Waals surface area contributed by atoms with Gasteiger partial charge >= 0.3 is 0 Å². The van der Waals surface area contributed by atoms with Gasteiger partial charge in [0.1, 0.15) is 5.82 Å². The van der Waals surface area contributed by atoms with Gasteiger partial charge in [0.2, 0.25) is 0 Å². The van der Waals surface area contributed by atoms with Crippen LogP contribution in [-0.2, 0) is 0 Å². The van der Waals surface area contributed by atoms with Crippen LogP contribution in [0, 0.1) is 6.92 Å². The Bertz CT molecular complexity index is 850. The van der Waals surface area contributed by atoms with Gasteiger partial charge in [-0.2, -0.15) is 0 Å². The van der Waals surface area contributed by atoms with E-state index in [4.69, 9.17) is 4.98 Å². The molecule has 4 rings (SSSR count). The Morgan fingerprint density at radius 3 is 2.74 bits per heavy atom. The molecule has 4 aromatic rings. The van der Waals surface area contributed by atoms with Crippen LogP contribution in [-0.4, -0.2) is 4.40 Å². The van der Waals surface area contributed by atoms with Crippen molar-refractivity contribution < 1.29 is 4.57 Å². The molecule has 0 aliphatic rings. The van der Waals surface area contributed by atoms with Crippen LogP contribution in [0.15, 0.2) is 61.2 Å². The lowest BCUT2D eigenvalue weighted by atomic mass is 10.2. The molecule has 0 spiro atoms. The maximum Gasteiger partial charge on any atom is 0.142 e. The molecule has 3 heteroatoms. The number of benzene rings is 1. The molecule has 0 bridgehead atoms. The van der Waals surface area contributed by atoms with Crippen molar-refractivity contribution in [3.05, 3.63) is 66.7 Å². The number of hydrogen-bond acceptors (Lipinski definition) is 0. The molecule has 3 heterocycles. The molecule has 0 aliphatic heterocycles. The van der Waals surface area contributed by atoms with Crippen molar-refractivity contribution in [1.82, 2.24) is 9.38 Å². The smallest absolute Gasteiger partial charge is 0.142 e. The lowest BCUT2D eigenvalue weighted by Gasteiger charge is -1.98. The molecule has 0 saturated heterocycles. The minimum atomic E-state index is 1.00. The summed E-state index contributed by atoms with van der Waals surface area (Å²) in [7, 11) is 0. The molecular formula is C16H13N3. The molecule has 19 heavy (non-hydrogen) atoms. The fourth-order valence-corrected chi connectivity index (χ4v) is 2.57. The van der Waals surface area contributed by atoms with Gasteiger partial charge in [-0.1, -0.05) is 24.3 Å². The fraction of sp³-hybridized carbons (Fsp3) is 0.0625. The molecule has 0 atom stereocenters. The van der Waals surface area contributed by atoms with E-state index in [9.17, 15) is 0 Å². The second kappa shape index (κ2) is 3.72.